The van der Waals surface area contributed by atoms with Gasteiger partial charge in [0, 0.05) is 79.2 Å². The van der Waals surface area contributed by atoms with Gasteiger partial charge in [0.2, 0.25) is 0 Å². The van der Waals surface area contributed by atoms with Crippen LogP contribution in [0.1, 0.15) is 81.6 Å². The Morgan fingerprint density at radius 2 is 1.74 bits per heavy atom. The minimum Gasteiger partial charge on any atom is -0.456 e. The molecule has 2 saturated carbocycles. The second kappa shape index (κ2) is 11.4. The molecule has 3 aliphatic carbocycles. The van der Waals surface area contributed by atoms with Gasteiger partial charge in [0.1, 0.15) is 11.9 Å². The smallest absolute Gasteiger partial charge is 0.337 e. The van der Waals surface area contributed by atoms with Crippen LogP contribution in [0.25, 0.3) is 0 Å². The number of hydrogen-bond donors (Lipinski definition) is 5. The van der Waals surface area contributed by atoms with Gasteiger partial charge in [-0.3, -0.25) is 4.79 Å². The van der Waals surface area contributed by atoms with Crippen LogP contribution >= 0.6 is 0 Å². The number of ketones is 1. The molecule has 0 aliphatic heterocycles. The summed E-state index contributed by atoms with van der Waals surface area (Å²) in [6.07, 6.45) is -2.68. The number of aliphatic hydroxyl groups is 4. The Hall–Kier alpha value is 0.122. The summed E-state index contributed by atoms with van der Waals surface area (Å²) < 4.78 is 5.82. The van der Waals surface area contributed by atoms with E-state index in [4.69, 9.17) is 4.74 Å². The molecular formula is C29H49AcNO7. The normalized spacial score (nSPS) is 44.2. The standard InChI is InChI=1S/C29H49NO7.Ac/c1-11-28(35)20(31)12-14(2)27(9)23(28)17(5)29(36)13-19(37-25(34)22(32)18(6)30-10)15(3)21(26(29,7)8)16(4)24(27)33;/h14,16-20,22-23,30-32,35-36H,11-13H2,1-10H3;/t14-,16+,17-,18?,19?,20?,22?,23?,27+,28?,29?;/m0./s1. The van der Waals surface area contributed by atoms with Gasteiger partial charge < -0.3 is 30.5 Å². The van der Waals surface area contributed by atoms with E-state index >= 15 is 0 Å². The van der Waals surface area contributed by atoms with Crippen molar-refractivity contribution in [3.8, 4) is 0 Å². The van der Waals surface area contributed by atoms with Gasteiger partial charge >= 0.3 is 5.97 Å². The van der Waals surface area contributed by atoms with Gasteiger partial charge in [-0.1, -0.05) is 48.5 Å². The maximum absolute atomic E-state index is 14.5. The van der Waals surface area contributed by atoms with Crippen molar-refractivity contribution >= 4 is 11.8 Å². The molecule has 0 aromatic rings. The molecule has 38 heavy (non-hydrogen) atoms. The Balaban J connectivity index is 0.00000507. The van der Waals surface area contributed by atoms with Crippen molar-refractivity contribution in [3.63, 3.8) is 0 Å². The molecule has 0 saturated heterocycles. The molecule has 2 bridgehead atoms. The van der Waals surface area contributed by atoms with E-state index in [1.807, 2.05) is 48.5 Å². The molecule has 215 valence electrons. The average Bonchev–Trinajstić information content (AvgIpc) is 2.83. The van der Waals surface area contributed by atoms with Crippen molar-refractivity contribution in [1.29, 1.82) is 0 Å². The van der Waals surface area contributed by atoms with Crippen LogP contribution in [-0.4, -0.2) is 74.8 Å². The molecule has 9 heteroatoms. The molecule has 0 heterocycles. The Bertz CT molecular complexity index is 969. The molecule has 5 N–H and O–H groups in total. The number of carbonyl (C=O) groups excluding carboxylic acids is 2. The second-order valence-electron chi connectivity index (χ2n) is 12.9. The molecule has 7 unspecified atom stereocenters. The van der Waals surface area contributed by atoms with Crippen molar-refractivity contribution in [3.05, 3.63) is 11.1 Å². The zero-order chi connectivity index (χ0) is 28.5. The summed E-state index contributed by atoms with van der Waals surface area (Å²) in [5.74, 6) is -3.01. The van der Waals surface area contributed by atoms with Crippen LogP contribution < -0.4 is 5.32 Å². The largest absolute Gasteiger partial charge is 0.456 e. The van der Waals surface area contributed by atoms with Crippen molar-refractivity contribution in [2.75, 3.05) is 7.05 Å². The van der Waals surface area contributed by atoms with E-state index in [1.54, 1.807) is 20.9 Å². The van der Waals surface area contributed by atoms with Gasteiger partial charge in [0.25, 0.3) is 0 Å². The fourth-order valence-corrected chi connectivity index (χ4v) is 8.42. The zero-order valence-corrected chi connectivity index (χ0v) is 29.6. The average molecular weight is 751 g/mol. The Morgan fingerprint density at radius 1 is 1.18 bits per heavy atom. The molecular weight excluding hydrogens is 701 g/mol. The van der Waals surface area contributed by atoms with Gasteiger partial charge in [-0.15, -0.1) is 0 Å². The summed E-state index contributed by atoms with van der Waals surface area (Å²) in [4.78, 5) is 27.3. The number of ether oxygens (including phenoxy) is 1. The van der Waals surface area contributed by atoms with Crippen LogP contribution in [0.4, 0.5) is 0 Å². The number of fused-ring (bicyclic) bond motifs is 3. The quantitative estimate of drug-likeness (QED) is 0.214. The maximum Gasteiger partial charge on any atom is 0.337 e. The van der Waals surface area contributed by atoms with Crippen molar-refractivity contribution in [1.82, 2.24) is 5.32 Å². The molecule has 0 aromatic carbocycles. The Labute approximate surface area is 263 Å². The summed E-state index contributed by atoms with van der Waals surface area (Å²) in [5, 5.41) is 49.0. The van der Waals surface area contributed by atoms with Crippen molar-refractivity contribution in [2.24, 2.45) is 34.5 Å². The van der Waals surface area contributed by atoms with E-state index in [2.05, 4.69) is 5.32 Å². The predicted molar refractivity (Wildman–Crippen MR) is 140 cm³/mol. The van der Waals surface area contributed by atoms with E-state index in [9.17, 15) is 30.0 Å². The van der Waals surface area contributed by atoms with E-state index in [-0.39, 0.29) is 68.6 Å². The molecule has 3 rings (SSSR count). The summed E-state index contributed by atoms with van der Waals surface area (Å²) in [6.45, 7) is 16.7. The fraction of sp³-hybridized carbons (Fsp3) is 0.862. The molecule has 1 radical (unpaired) electrons. The summed E-state index contributed by atoms with van der Waals surface area (Å²) in [7, 11) is 1.64. The monoisotopic (exact) mass is 750 g/mol. The minimum absolute atomic E-state index is 0. The molecule has 8 nitrogen and oxygen atoms in total. The third-order valence-electron chi connectivity index (χ3n) is 11.1. The first-order chi connectivity index (χ1) is 16.9. The number of esters is 1. The van der Waals surface area contributed by atoms with Gasteiger partial charge in [0.05, 0.1) is 17.3 Å². The SMILES string of the molecule is CCC1(O)C(O)C[C@H](C)[C@@]2(C)C(=O)[C@H](C)C3=C(C)C(OC(=O)C(O)C(C)NC)CC(O)([C@@H](C)C12)C3(C)C.[Ac]. The third-order valence-corrected chi connectivity index (χ3v) is 11.1. The maximum atomic E-state index is 14.5. The first-order valence-corrected chi connectivity index (χ1v) is 13.8. The van der Waals surface area contributed by atoms with Gasteiger partial charge in [-0.05, 0) is 56.7 Å². The fourth-order valence-electron chi connectivity index (χ4n) is 8.42. The minimum atomic E-state index is -1.57. The van der Waals surface area contributed by atoms with E-state index in [1.165, 1.54) is 0 Å². The van der Waals surface area contributed by atoms with E-state index < -0.39 is 70.1 Å². The van der Waals surface area contributed by atoms with Gasteiger partial charge in [-0.2, -0.15) is 0 Å². The third kappa shape index (κ3) is 4.72. The number of nitrogens with one attached hydrogen (secondary N) is 1. The van der Waals surface area contributed by atoms with Crippen LogP contribution in [0.2, 0.25) is 0 Å². The number of rotatable bonds is 5. The number of Topliss-reactive ketones (excluding diaryl/α,β-unsaturated/α-hetero) is 1. The predicted octanol–water partition coefficient (Wildman–Crippen LogP) is 2.36. The summed E-state index contributed by atoms with van der Waals surface area (Å²) >= 11 is 0. The molecule has 0 aromatic heterocycles. The second-order valence-corrected chi connectivity index (χ2v) is 12.9. The van der Waals surface area contributed by atoms with Crippen LogP contribution in [-0.2, 0) is 14.3 Å². The zero-order valence-electron chi connectivity index (χ0n) is 24.8. The van der Waals surface area contributed by atoms with E-state index in [0.29, 0.717) is 6.42 Å². The summed E-state index contributed by atoms with van der Waals surface area (Å²) in [6, 6.07) is -0.529. The Kier molecular flexibility index (Phi) is 10.3. The molecule has 3 aliphatic rings. The van der Waals surface area contributed by atoms with Crippen molar-refractivity contribution < 1.29 is 78.8 Å². The summed E-state index contributed by atoms with van der Waals surface area (Å²) in [5.41, 5.74) is -3.46. The van der Waals surface area contributed by atoms with Crippen LogP contribution in [0.15, 0.2) is 11.1 Å². The van der Waals surface area contributed by atoms with Gasteiger partial charge in [-0.25, -0.2) is 4.79 Å². The first-order valence-electron chi connectivity index (χ1n) is 13.8. The van der Waals surface area contributed by atoms with Crippen LogP contribution in [0.5, 0.6) is 0 Å². The molecule has 0 amide bonds. The molecule has 2 fully saturated rings. The van der Waals surface area contributed by atoms with Gasteiger partial charge in [0.15, 0.2) is 6.10 Å². The molecule has 11 atom stereocenters. The number of hydrogen-bond acceptors (Lipinski definition) is 8. The van der Waals surface area contributed by atoms with E-state index in [0.717, 1.165) is 11.1 Å². The van der Waals surface area contributed by atoms with Crippen molar-refractivity contribution in [2.45, 2.75) is 117 Å². The number of likely N-dealkylation sites (N-methyl/N-ethyl adjacent to an activating group) is 1. The molecule has 0 spiro atoms. The number of aliphatic hydroxyl groups excluding tert-OH is 2. The van der Waals surface area contributed by atoms with Crippen LogP contribution in [0.3, 0.4) is 0 Å². The Morgan fingerprint density at radius 3 is 2.24 bits per heavy atom. The number of carbonyl (C=O) groups is 2. The first kappa shape index (κ1) is 34.3. The topological polar surface area (TPSA) is 136 Å². The van der Waals surface area contributed by atoms with Crippen LogP contribution in [0, 0.1) is 78.6 Å².